The third-order valence-corrected chi connectivity index (χ3v) is 4.86. The molecule has 2 fully saturated rings. The summed E-state index contributed by atoms with van der Waals surface area (Å²) in [5.74, 6) is -1.33. The molecule has 4 unspecified atom stereocenters. The minimum Gasteiger partial charge on any atom is -0.481 e. The van der Waals surface area contributed by atoms with Gasteiger partial charge in [0.15, 0.2) is 0 Å². The summed E-state index contributed by atoms with van der Waals surface area (Å²) in [5.41, 5.74) is 0. The van der Waals surface area contributed by atoms with Crippen LogP contribution in [-0.2, 0) is 9.59 Å². The lowest BCUT2D eigenvalue weighted by Gasteiger charge is -2.31. The second-order valence-electron chi connectivity index (χ2n) is 6.41. The number of likely N-dealkylation sites (tertiary alicyclic amines) is 1. The van der Waals surface area contributed by atoms with Crippen LogP contribution >= 0.6 is 0 Å². The summed E-state index contributed by atoms with van der Waals surface area (Å²) in [6.07, 6.45) is 4.42. The fraction of sp³-hybridized carbons (Fsp3) is 0.867. The van der Waals surface area contributed by atoms with Crippen LogP contribution in [0.2, 0.25) is 0 Å². The lowest BCUT2D eigenvalue weighted by Crippen LogP contribution is -2.48. The highest BCUT2D eigenvalue weighted by atomic mass is 16.4. The van der Waals surface area contributed by atoms with Crippen molar-refractivity contribution in [3.8, 4) is 0 Å². The average molecular weight is 282 g/mol. The Balaban J connectivity index is 1.94. The molecule has 2 N–H and O–H groups in total. The quantitative estimate of drug-likeness (QED) is 0.816. The number of carboxylic acids is 1. The molecule has 0 aromatic heterocycles. The summed E-state index contributed by atoms with van der Waals surface area (Å²) >= 11 is 0. The Hall–Kier alpha value is -1.10. The van der Waals surface area contributed by atoms with Crippen LogP contribution in [0.4, 0.5) is 0 Å². The molecule has 0 aromatic rings. The molecule has 1 amide bonds. The number of hydrogen-bond donors (Lipinski definition) is 2. The van der Waals surface area contributed by atoms with Crippen LogP contribution < -0.4 is 5.32 Å². The van der Waals surface area contributed by atoms with E-state index in [1.165, 1.54) is 0 Å². The van der Waals surface area contributed by atoms with Crippen LogP contribution in [-0.4, -0.2) is 48.1 Å². The molecule has 1 aliphatic carbocycles. The Morgan fingerprint density at radius 3 is 2.60 bits per heavy atom. The van der Waals surface area contributed by atoms with E-state index in [1.807, 2.05) is 0 Å². The second-order valence-corrected chi connectivity index (χ2v) is 6.41. The van der Waals surface area contributed by atoms with Crippen LogP contribution in [0.15, 0.2) is 0 Å². The zero-order valence-electron chi connectivity index (χ0n) is 12.5. The molecule has 1 aliphatic heterocycles. The van der Waals surface area contributed by atoms with Crippen molar-refractivity contribution >= 4 is 11.9 Å². The van der Waals surface area contributed by atoms with Gasteiger partial charge in [0, 0.05) is 12.6 Å². The number of aliphatic carboxylic acids is 1. The van der Waals surface area contributed by atoms with E-state index in [0.717, 1.165) is 38.8 Å². The molecule has 5 heteroatoms. The first-order valence-corrected chi connectivity index (χ1v) is 7.73. The van der Waals surface area contributed by atoms with E-state index >= 15 is 0 Å². The van der Waals surface area contributed by atoms with Gasteiger partial charge in [-0.1, -0.05) is 13.3 Å². The highest BCUT2D eigenvalue weighted by Crippen LogP contribution is 2.38. The van der Waals surface area contributed by atoms with Crippen molar-refractivity contribution < 1.29 is 14.7 Å². The summed E-state index contributed by atoms with van der Waals surface area (Å²) in [6.45, 7) is 4.01. The largest absolute Gasteiger partial charge is 0.481 e. The Labute approximate surface area is 120 Å². The fourth-order valence-electron chi connectivity index (χ4n) is 3.63. The standard InChI is InChI=1S/C15H26N2O3/c1-3-10-7-12(13(8-10)15(19)20)14(18)16-11-5-4-6-17(2)9-11/h10-13H,3-9H2,1-2H3,(H,16,18)(H,19,20). The molecule has 5 nitrogen and oxygen atoms in total. The number of amides is 1. The zero-order chi connectivity index (χ0) is 14.7. The Morgan fingerprint density at radius 1 is 1.30 bits per heavy atom. The van der Waals surface area contributed by atoms with Crippen molar-refractivity contribution in [3.05, 3.63) is 0 Å². The van der Waals surface area contributed by atoms with Crippen LogP contribution in [0.3, 0.4) is 0 Å². The van der Waals surface area contributed by atoms with Gasteiger partial charge >= 0.3 is 5.97 Å². The van der Waals surface area contributed by atoms with E-state index in [9.17, 15) is 14.7 Å². The van der Waals surface area contributed by atoms with E-state index in [2.05, 4.69) is 24.2 Å². The third kappa shape index (κ3) is 3.51. The fourth-order valence-corrected chi connectivity index (χ4v) is 3.63. The lowest BCUT2D eigenvalue weighted by molar-refractivity contribution is -0.146. The molecular formula is C15H26N2O3. The molecule has 0 bridgehead atoms. The van der Waals surface area contributed by atoms with E-state index in [-0.39, 0.29) is 17.9 Å². The van der Waals surface area contributed by atoms with Crippen LogP contribution in [0.5, 0.6) is 0 Å². The molecule has 1 saturated heterocycles. The Kier molecular flexibility index (Phi) is 5.02. The zero-order valence-corrected chi connectivity index (χ0v) is 12.5. The van der Waals surface area contributed by atoms with Gasteiger partial charge in [0.2, 0.25) is 5.91 Å². The number of hydrogen-bond acceptors (Lipinski definition) is 3. The Morgan fingerprint density at radius 2 is 2.00 bits per heavy atom. The molecule has 4 atom stereocenters. The van der Waals surface area contributed by atoms with Gasteiger partial charge in [-0.15, -0.1) is 0 Å². The molecule has 1 saturated carbocycles. The van der Waals surface area contributed by atoms with Crippen molar-refractivity contribution in [1.29, 1.82) is 0 Å². The van der Waals surface area contributed by atoms with Crippen molar-refractivity contribution in [2.24, 2.45) is 17.8 Å². The molecule has 2 aliphatic rings. The second kappa shape index (κ2) is 6.57. The topological polar surface area (TPSA) is 69.6 Å². The number of carbonyl (C=O) groups is 2. The Bertz CT molecular complexity index is 372. The molecule has 0 aromatic carbocycles. The number of piperidine rings is 1. The summed E-state index contributed by atoms with van der Waals surface area (Å²) in [6, 6.07) is 0.177. The summed E-state index contributed by atoms with van der Waals surface area (Å²) in [4.78, 5) is 26.0. The van der Waals surface area contributed by atoms with Gasteiger partial charge in [-0.3, -0.25) is 9.59 Å². The highest BCUT2D eigenvalue weighted by molar-refractivity contribution is 5.85. The normalized spacial score (nSPS) is 34.9. The first-order chi connectivity index (χ1) is 9.51. The van der Waals surface area contributed by atoms with Gasteiger partial charge in [0.1, 0.15) is 0 Å². The summed E-state index contributed by atoms with van der Waals surface area (Å²) in [7, 11) is 2.06. The molecular weight excluding hydrogens is 256 g/mol. The van der Waals surface area contributed by atoms with Gasteiger partial charge in [0.25, 0.3) is 0 Å². The predicted molar refractivity (Wildman–Crippen MR) is 76.3 cm³/mol. The molecule has 20 heavy (non-hydrogen) atoms. The highest BCUT2D eigenvalue weighted by Gasteiger charge is 2.42. The number of nitrogens with zero attached hydrogens (tertiary/aromatic N) is 1. The maximum Gasteiger partial charge on any atom is 0.307 e. The maximum absolute atomic E-state index is 12.4. The van der Waals surface area contributed by atoms with Crippen molar-refractivity contribution in [2.75, 3.05) is 20.1 Å². The average Bonchev–Trinajstić information content (AvgIpc) is 2.83. The van der Waals surface area contributed by atoms with Gasteiger partial charge in [-0.25, -0.2) is 0 Å². The molecule has 114 valence electrons. The van der Waals surface area contributed by atoms with E-state index in [1.54, 1.807) is 0 Å². The van der Waals surface area contributed by atoms with Gasteiger partial charge in [0.05, 0.1) is 11.8 Å². The predicted octanol–water partition coefficient (Wildman–Crippen LogP) is 1.33. The number of carbonyl (C=O) groups excluding carboxylic acids is 1. The summed E-state index contributed by atoms with van der Waals surface area (Å²) in [5, 5.41) is 12.4. The number of likely N-dealkylation sites (N-methyl/N-ethyl adjacent to an activating group) is 1. The monoisotopic (exact) mass is 282 g/mol. The minimum absolute atomic E-state index is 0.0475. The molecule has 0 spiro atoms. The molecule has 0 radical (unpaired) electrons. The molecule has 1 heterocycles. The van der Waals surface area contributed by atoms with E-state index in [0.29, 0.717) is 12.3 Å². The maximum atomic E-state index is 12.4. The van der Waals surface area contributed by atoms with Gasteiger partial charge in [-0.05, 0) is 45.2 Å². The minimum atomic E-state index is -0.818. The van der Waals surface area contributed by atoms with Crippen LogP contribution in [0, 0.1) is 17.8 Å². The third-order valence-electron chi connectivity index (χ3n) is 4.86. The number of nitrogens with one attached hydrogen (secondary N) is 1. The van der Waals surface area contributed by atoms with Crippen molar-refractivity contribution in [2.45, 2.75) is 45.1 Å². The van der Waals surface area contributed by atoms with Gasteiger partial charge in [-0.2, -0.15) is 0 Å². The summed E-state index contributed by atoms with van der Waals surface area (Å²) < 4.78 is 0. The SMILES string of the molecule is CCC1CC(C(=O)O)C(C(=O)NC2CCCN(C)C2)C1. The van der Waals surface area contributed by atoms with E-state index < -0.39 is 11.9 Å². The van der Waals surface area contributed by atoms with Gasteiger partial charge < -0.3 is 15.3 Å². The lowest BCUT2D eigenvalue weighted by atomic mass is 9.94. The first kappa shape index (κ1) is 15.3. The molecule has 2 rings (SSSR count). The van der Waals surface area contributed by atoms with Crippen molar-refractivity contribution in [1.82, 2.24) is 10.2 Å². The van der Waals surface area contributed by atoms with Crippen LogP contribution in [0.25, 0.3) is 0 Å². The first-order valence-electron chi connectivity index (χ1n) is 7.73. The number of rotatable bonds is 4. The van der Waals surface area contributed by atoms with Crippen LogP contribution in [0.1, 0.15) is 39.0 Å². The van der Waals surface area contributed by atoms with E-state index in [4.69, 9.17) is 0 Å². The number of carboxylic acid groups (broad SMARTS) is 1. The van der Waals surface area contributed by atoms with Crippen molar-refractivity contribution in [3.63, 3.8) is 0 Å². The smallest absolute Gasteiger partial charge is 0.307 e.